The number of aliphatic hydroxyl groups excluding tert-OH is 1. The molecule has 2 amide bonds. The van der Waals surface area contributed by atoms with Crippen LogP contribution in [0.15, 0.2) is 36.4 Å². The topological polar surface area (TPSA) is 117 Å². The van der Waals surface area contributed by atoms with Crippen LogP contribution in [-0.4, -0.2) is 61.3 Å². The number of carbonyl (C=O) groups is 3. The van der Waals surface area contributed by atoms with E-state index < -0.39 is 30.1 Å². The Bertz CT molecular complexity index is 699. The lowest BCUT2D eigenvalue weighted by atomic mass is 9.86. The number of esters is 1. The van der Waals surface area contributed by atoms with Crippen LogP contribution < -0.4 is 16.0 Å². The second-order valence-corrected chi connectivity index (χ2v) is 6.63. The zero-order valence-electron chi connectivity index (χ0n) is 15.9. The van der Waals surface area contributed by atoms with Crippen LogP contribution in [-0.2, 0) is 19.1 Å². The third-order valence-corrected chi connectivity index (χ3v) is 4.66. The van der Waals surface area contributed by atoms with Crippen molar-refractivity contribution in [1.29, 1.82) is 0 Å². The maximum Gasteiger partial charge on any atom is 0.330 e. The number of aliphatic hydroxyl groups is 1. The summed E-state index contributed by atoms with van der Waals surface area (Å²) in [6.07, 6.45) is 4.46. The quantitative estimate of drug-likeness (QED) is 0.464. The van der Waals surface area contributed by atoms with Gasteiger partial charge in [0.25, 0.3) is 0 Å². The minimum absolute atomic E-state index is 0.123. The van der Waals surface area contributed by atoms with E-state index in [4.69, 9.17) is 0 Å². The van der Waals surface area contributed by atoms with Gasteiger partial charge in [-0.1, -0.05) is 42.5 Å². The first-order chi connectivity index (χ1) is 13.5. The fourth-order valence-electron chi connectivity index (χ4n) is 3.06. The summed E-state index contributed by atoms with van der Waals surface area (Å²) in [5.74, 6) is -1.53. The van der Waals surface area contributed by atoms with E-state index in [2.05, 4.69) is 20.7 Å². The van der Waals surface area contributed by atoms with Gasteiger partial charge in [-0.25, -0.2) is 4.79 Å². The van der Waals surface area contributed by atoms with Gasteiger partial charge in [0.05, 0.1) is 13.7 Å². The van der Waals surface area contributed by atoms with Crippen LogP contribution in [0.25, 0.3) is 6.08 Å². The summed E-state index contributed by atoms with van der Waals surface area (Å²) >= 11 is 0. The lowest BCUT2D eigenvalue weighted by Crippen LogP contribution is -2.65. The van der Waals surface area contributed by atoms with Gasteiger partial charge in [-0.15, -0.1) is 0 Å². The van der Waals surface area contributed by atoms with E-state index in [1.807, 2.05) is 36.4 Å². The van der Waals surface area contributed by atoms with E-state index >= 15 is 0 Å². The molecule has 1 aromatic rings. The van der Waals surface area contributed by atoms with Crippen LogP contribution >= 0.6 is 0 Å². The van der Waals surface area contributed by atoms with Gasteiger partial charge in [0.2, 0.25) is 11.8 Å². The first-order valence-corrected chi connectivity index (χ1v) is 9.24. The highest BCUT2D eigenvalue weighted by Gasteiger charge is 2.42. The van der Waals surface area contributed by atoms with Gasteiger partial charge in [0.1, 0.15) is 5.54 Å². The molecule has 1 aromatic carbocycles. The standard InChI is InChI=1S/C20H27N3O5/c1-28-18(26)16(14-24)22-19(27)20(10-12-21-13-11-20)23-17(25)9-5-8-15-6-3-2-4-7-15/h2-8,16,21,24H,9-14H2,1H3,(H,22,27)(H,23,25). The molecule has 0 aromatic heterocycles. The van der Waals surface area contributed by atoms with Crippen LogP contribution in [0.1, 0.15) is 24.8 Å². The number of hydrogen-bond donors (Lipinski definition) is 4. The summed E-state index contributed by atoms with van der Waals surface area (Å²) < 4.78 is 4.58. The molecule has 1 unspecified atom stereocenters. The third-order valence-electron chi connectivity index (χ3n) is 4.66. The Morgan fingerprint density at radius 1 is 1.25 bits per heavy atom. The Morgan fingerprint density at radius 2 is 1.93 bits per heavy atom. The summed E-state index contributed by atoms with van der Waals surface area (Å²) in [7, 11) is 1.18. The number of rotatable bonds is 8. The van der Waals surface area contributed by atoms with Gasteiger partial charge in [0.15, 0.2) is 6.04 Å². The summed E-state index contributed by atoms with van der Waals surface area (Å²) in [6.45, 7) is 0.519. The molecular weight excluding hydrogens is 362 g/mol. The van der Waals surface area contributed by atoms with Crippen molar-refractivity contribution in [2.24, 2.45) is 0 Å². The largest absolute Gasteiger partial charge is 0.467 e. The SMILES string of the molecule is COC(=O)C(CO)NC(=O)C1(NC(=O)CC=Cc2ccccc2)CCNCC1. The number of carbonyl (C=O) groups excluding carboxylic acids is 3. The first kappa shape index (κ1) is 21.6. The van der Waals surface area contributed by atoms with Crippen molar-refractivity contribution in [2.75, 3.05) is 26.8 Å². The Morgan fingerprint density at radius 3 is 2.54 bits per heavy atom. The fraction of sp³-hybridized carbons (Fsp3) is 0.450. The van der Waals surface area contributed by atoms with Crippen LogP contribution in [0, 0.1) is 0 Å². The molecule has 2 rings (SSSR count). The highest BCUT2D eigenvalue weighted by Crippen LogP contribution is 2.19. The number of ether oxygens (including phenoxy) is 1. The number of hydrogen-bond acceptors (Lipinski definition) is 6. The average molecular weight is 389 g/mol. The molecule has 1 atom stereocenters. The molecule has 0 radical (unpaired) electrons. The highest BCUT2D eigenvalue weighted by atomic mass is 16.5. The van der Waals surface area contributed by atoms with Crippen molar-refractivity contribution in [1.82, 2.24) is 16.0 Å². The van der Waals surface area contributed by atoms with E-state index in [-0.39, 0.29) is 12.3 Å². The summed E-state index contributed by atoms with van der Waals surface area (Å²) in [5, 5.41) is 17.8. The second-order valence-electron chi connectivity index (χ2n) is 6.63. The first-order valence-electron chi connectivity index (χ1n) is 9.24. The summed E-state index contributed by atoms with van der Waals surface area (Å²) in [6, 6.07) is 8.42. The number of methoxy groups -OCH3 is 1. The lowest BCUT2D eigenvalue weighted by Gasteiger charge is -2.37. The van der Waals surface area contributed by atoms with E-state index in [9.17, 15) is 19.5 Å². The molecule has 0 saturated carbocycles. The highest BCUT2D eigenvalue weighted by molar-refractivity contribution is 5.94. The van der Waals surface area contributed by atoms with Gasteiger partial charge >= 0.3 is 5.97 Å². The molecule has 0 bridgehead atoms. The molecule has 8 heteroatoms. The van der Waals surface area contributed by atoms with E-state index in [0.717, 1.165) is 5.56 Å². The predicted molar refractivity (Wildman–Crippen MR) is 104 cm³/mol. The molecule has 4 N–H and O–H groups in total. The molecule has 8 nitrogen and oxygen atoms in total. The van der Waals surface area contributed by atoms with E-state index in [0.29, 0.717) is 25.9 Å². The molecule has 152 valence electrons. The molecule has 1 aliphatic heterocycles. The molecule has 1 heterocycles. The normalized spacial score (nSPS) is 16.9. The zero-order chi connectivity index (χ0) is 20.4. The lowest BCUT2D eigenvalue weighted by molar-refractivity contribution is -0.147. The molecule has 0 spiro atoms. The minimum atomic E-state index is -1.17. The predicted octanol–water partition coefficient (Wildman–Crippen LogP) is -0.0216. The monoisotopic (exact) mass is 389 g/mol. The number of piperidine rings is 1. The number of benzene rings is 1. The van der Waals surface area contributed by atoms with Gasteiger partial charge in [-0.05, 0) is 31.5 Å². The van der Waals surface area contributed by atoms with Crippen molar-refractivity contribution in [3.63, 3.8) is 0 Å². The molecule has 1 fully saturated rings. The number of amides is 2. The van der Waals surface area contributed by atoms with Gasteiger partial charge < -0.3 is 25.8 Å². The summed E-state index contributed by atoms with van der Waals surface area (Å²) in [5.41, 5.74) is -0.154. The zero-order valence-corrected chi connectivity index (χ0v) is 15.9. The van der Waals surface area contributed by atoms with E-state index in [1.165, 1.54) is 7.11 Å². The van der Waals surface area contributed by atoms with Gasteiger partial charge in [-0.3, -0.25) is 9.59 Å². The molecule has 0 aliphatic carbocycles. The van der Waals surface area contributed by atoms with Crippen molar-refractivity contribution >= 4 is 23.9 Å². The Labute approximate surface area is 164 Å². The molecular formula is C20H27N3O5. The van der Waals surface area contributed by atoms with Crippen LogP contribution in [0.5, 0.6) is 0 Å². The fourth-order valence-corrected chi connectivity index (χ4v) is 3.06. The van der Waals surface area contributed by atoms with Crippen molar-refractivity contribution in [2.45, 2.75) is 30.8 Å². The molecule has 1 saturated heterocycles. The van der Waals surface area contributed by atoms with Gasteiger partial charge in [0, 0.05) is 6.42 Å². The van der Waals surface area contributed by atoms with Crippen molar-refractivity contribution in [3.05, 3.63) is 42.0 Å². The van der Waals surface area contributed by atoms with Crippen molar-refractivity contribution < 1.29 is 24.2 Å². The van der Waals surface area contributed by atoms with Crippen LogP contribution in [0.3, 0.4) is 0 Å². The minimum Gasteiger partial charge on any atom is -0.467 e. The maximum absolute atomic E-state index is 12.9. The molecule has 28 heavy (non-hydrogen) atoms. The third kappa shape index (κ3) is 5.90. The second kappa shape index (κ2) is 10.6. The summed E-state index contributed by atoms with van der Waals surface area (Å²) in [4.78, 5) is 37.0. The van der Waals surface area contributed by atoms with E-state index in [1.54, 1.807) is 6.08 Å². The smallest absolute Gasteiger partial charge is 0.330 e. The Hall–Kier alpha value is -2.71. The van der Waals surface area contributed by atoms with Gasteiger partial charge in [-0.2, -0.15) is 0 Å². The maximum atomic E-state index is 12.9. The average Bonchev–Trinajstić information content (AvgIpc) is 2.72. The van der Waals surface area contributed by atoms with Crippen molar-refractivity contribution in [3.8, 4) is 0 Å². The molecule has 1 aliphatic rings. The number of nitrogens with one attached hydrogen (secondary N) is 3. The van der Waals surface area contributed by atoms with Crippen LogP contribution in [0.4, 0.5) is 0 Å². The Kier molecular flexibility index (Phi) is 8.16. The van der Waals surface area contributed by atoms with Crippen LogP contribution in [0.2, 0.25) is 0 Å². The Balaban J connectivity index is 2.03.